The molecule has 2 heterocycles. The third-order valence-corrected chi connectivity index (χ3v) is 6.42. The second-order valence-electron chi connectivity index (χ2n) is 5.86. The predicted octanol–water partition coefficient (Wildman–Crippen LogP) is 4.27. The minimum atomic E-state index is -1.94. The average Bonchev–Trinajstić information content (AvgIpc) is 3.35. The molecule has 0 saturated heterocycles. The number of aromatic amines is 2. The van der Waals surface area contributed by atoms with Gasteiger partial charge in [-0.1, -0.05) is 0 Å². The molecule has 0 spiro atoms. The molecule has 2 aromatic heterocycles. The van der Waals surface area contributed by atoms with Crippen LogP contribution in [0.2, 0.25) is 0 Å². The van der Waals surface area contributed by atoms with Gasteiger partial charge in [0.05, 0.1) is 0 Å². The zero-order valence-corrected chi connectivity index (χ0v) is 15.3. The fourth-order valence-electron chi connectivity index (χ4n) is 2.87. The third-order valence-electron chi connectivity index (χ3n) is 4.21. The molecule has 2 N–H and O–H groups in total. The van der Waals surface area contributed by atoms with Crippen LogP contribution in [0.1, 0.15) is 0 Å². The van der Waals surface area contributed by atoms with E-state index >= 15 is 0 Å². The van der Waals surface area contributed by atoms with Gasteiger partial charge in [-0.25, -0.2) is 0 Å². The Morgan fingerprint density at radius 3 is 1.41 bits per heavy atom. The molecule has 7 heteroatoms. The van der Waals surface area contributed by atoms with Crippen molar-refractivity contribution in [1.29, 1.82) is 0 Å². The molecule has 0 aliphatic carbocycles. The molecule has 0 radical (unpaired) electrons. The van der Waals surface area contributed by atoms with Crippen molar-refractivity contribution in [3.63, 3.8) is 0 Å². The third kappa shape index (κ3) is 3.26. The average molecular weight is 404 g/mol. The van der Waals surface area contributed by atoms with Gasteiger partial charge >= 0.3 is 161 Å². The Bertz CT molecular complexity index is 1000. The van der Waals surface area contributed by atoms with E-state index in [1.807, 2.05) is 0 Å². The number of aromatic nitrogens is 2. The summed E-state index contributed by atoms with van der Waals surface area (Å²) in [6.45, 7) is 0. The first kappa shape index (κ1) is 17.8. The number of rotatable bonds is 4. The van der Waals surface area contributed by atoms with Crippen LogP contribution in [0.25, 0.3) is 22.5 Å². The predicted molar refractivity (Wildman–Crippen MR) is 91.6 cm³/mol. The fraction of sp³-hybridized carbons (Fsp3) is 0. The summed E-state index contributed by atoms with van der Waals surface area (Å²) in [5.41, 5.74) is 1.28. The molecule has 0 unspecified atom stereocenters. The van der Waals surface area contributed by atoms with Gasteiger partial charge in [0.2, 0.25) is 0 Å². The van der Waals surface area contributed by atoms with Gasteiger partial charge in [0.15, 0.2) is 0 Å². The Labute approximate surface area is 161 Å². The first-order valence-electron chi connectivity index (χ1n) is 8.07. The molecule has 27 heavy (non-hydrogen) atoms. The summed E-state index contributed by atoms with van der Waals surface area (Å²) >= 11 is -1.94. The summed E-state index contributed by atoms with van der Waals surface area (Å²) in [6, 6.07) is 11.6. The molecule has 2 nitrogen and oxygen atoms in total. The number of H-pyrrole nitrogens is 2. The summed E-state index contributed by atoms with van der Waals surface area (Å²) in [5, 5.41) is 0. The summed E-state index contributed by atoms with van der Waals surface area (Å²) in [4.78, 5) is 5.71. The molecule has 134 valence electrons. The molecule has 0 fully saturated rings. The van der Waals surface area contributed by atoms with Gasteiger partial charge in [0.1, 0.15) is 0 Å². The number of hydrogen-bond acceptors (Lipinski definition) is 0. The van der Waals surface area contributed by atoms with Crippen LogP contribution in [0, 0.1) is 23.3 Å². The Morgan fingerprint density at radius 1 is 0.593 bits per heavy atom. The monoisotopic (exact) mass is 404 g/mol. The zero-order chi connectivity index (χ0) is 19.0. The first-order chi connectivity index (χ1) is 13.1. The fourth-order valence-corrected chi connectivity index (χ4v) is 4.66. The van der Waals surface area contributed by atoms with E-state index in [-0.39, 0.29) is 18.9 Å². The van der Waals surface area contributed by atoms with Gasteiger partial charge in [-0.05, 0) is 0 Å². The number of halogens is 4. The molecule has 0 atom stereocenters. The van der Waals surface area contributed by atoms with Crippen molar-refractivity contribution in [1.82, 2.24) is 9.97 Å². The minimum absolute atomic E-state index is 0.168. The number of nitrogens with one attached hydrogen (secondary N) is 2. The van der Waals surface area contributed by atoms with Crippen LogP contribution in [0.4, 0.5) is 17.6 Å². The van der Waals surface area contributed by atoms with Crippen molar-refractivity contribution in [2.75, 3.05) is 0 Å². The van der Waals surface area contributed by atoms with E-state index in [0.717, 1.165) is 12.1 Å². The van der Waals surface area contributed by atoms with Gasteiger partial charge in [-0.15, -0.1) is 0 Å². The Hall–Kier alpha value is -2.57. The van der Waals surface area contributed by atoms with Crippen molar-refractivity contribution in [2.45, 2.75) is 0 Å². The van der Waals surface area contributed by atoms with Gasteiger partial charge in [-0.2, -0.15) is 0 Å². The van der Waals surface area contributed by atoms with Crippen molar-refractivity contribution >= 4 is 7.74 Å². The van der Waals surface area contributed by atoms with Crippen LogP contribution < -0.4 is 7.74 Å². The molecule has 0 bridgehead atoms. The van der Waals surface area contributed by atoms with E-state index in [4.69, 9.17) is 0 Å². The quantitative estimate of drug-likeness (QED) is 0.376. The van der Waals surface area contributed by atoms with E-state index in [1.165, 1.54) is 12.1 Å². The molecule has 0 amide bonds. The van der Waals surface area contributed by atoms with Crippen LogP contribution in [0.15, 0.2) is 60.9 Å². The Balaban J connectivity index is 1.81. The second-order valence-corrected chi connectivity index (χ2v) is 7.81. The molecular formula is C20H12F4N2Ti. The first-order valence-corrected chi connectivity index (χ1v) is 9.63. The van der Waals surface area contributed by atoms with Gasteiger partial charge in [0.25, 0.3) is 0 Å². The van der Waals surface area contributed by atoms with Crippen LogP contribution in [0.3, 0.4) is 0 Å². The van der Waals surface area contributed by atoms with E-state index in [1.54, 1.807) is 36.7 Å². The standard InChI is InChI=1S/2C10H6F2N.Ti/c2*11-7-3-4-8(9(12)6-7)10-2-1-5-13-10;/h2*1-5,13H;. The van der Waals surface area contributed by atoms with E-state index in [2.05, 4.69) is 9.97 Å². The SMILES string of the molecule is Fc1ccc(-c2ccc[nH]2)c(F)[c]1[Ti][c]1c(F)ccc(-c2ccc[nH]2)c1F. The van der Waals surface area contributed by atoms with Crippen molar-refractivity contribution in [3.8, 4) is 22.5 Å². The van der Waals surface area contributed by atoms with E-state index in [9.17, 15) is 17.6 Å². The van der Waals surface area contributed by atoms with Gasteiger partial charge in [-0.3, -0.25) is 0 Å². The van der Waals surface area contributed by atoms with E-state index < -0.39 is 42.4 Å². The summed E-state index contributed by atoms with van der Waals surface area (Å²) in [6.07, 6.45) is 3.24. The molecule has 0 saturated carbocycles. The summed E-state index contributed by atoms with van der Waals surface area (Å²) < 4.78 is 58.0. The maximum atomic E-state index is 14.9. The van der Waals surface area contributed by atoms with Crippen LogP contribution in [0.5, 0.6) is 0 Å². The van der Waals surface area contributed by atoms with Crippen LogP contribution >= 0.6 is 0 Å². The van der Waals surface area contributed by atoms with Crippen LogP contribution in [-0.2, 0) is 19.2 Å². The van der Waals surface area contributed by atoms with Gasteiger partial charge < -0.3 is 0 Å². The van der Waals surface area contributed by atoms with Crippen molar-refractivity contribution < 1.29 is 36.7 Å². The molecule has 0 aliphatic heterocycles. The maximum absolute atomic E-state index is 14.9. The number of hydrogen-bond donors (Lipinski definition) is 2. The Morgan fingerprint density at radius 2 is 1.04 bits per heavy atom. The van der Waals surface area contributed by atoms with E-state index in [0.29, 0.717) is 11.4 Å². The van der Waals surface area contributed by atoms with Gasteiger partial charge in [0, 0.05) is 0 Å². The summed E-state index contributed by atoms with van der Waals surface area (Å²) in [7, 11) is 0. The van der Waals surface area contributed by atoms with Crippen molar-refractivity contribution in [2.24, 2.45) is 0 Å². The van der Waals surface area contributed by atoms with Crippen molar-refractivity contribution in [3.05, 3.63) is 84.2 Å². The van der Waals surface area contributed by atoms with Crippen LogP contribution in [-0.4, -0.2) is 9.97 Å². The Kier molecular flexibility index (Phi) is 4.76. The molecule has 0 aliphatic rings. The molecule has 4 aromatic rings. The molecule has 2 aromatic carbocycles. The number of benzene rings is 2. The molecule has 4 rings (SSSR count). The molecular weight excluding hydrogens is 392 g/mol. The second kappa shape index (κ2) is 7.21. The topological polar surface area (TPSA) is 31.6 Å². The normalized spacial score (nSPS) is 11.0. The summed E-state index contributed by atoms with van der Waals surface area (Å²) in [5.74, 6) is -3.18. The zero-order valence-electron chi connectivity index (χ0n) is 13.8.